The van der Waals surface area contributed by atoms with Gasteiger partial charge in [0.05, 0.1) is 6.04 Å². The molecule has 0 spiro atoms. The van der Waals surface area contributed by atoms with Gasteiger partial charge in [0, 0.05) is 24.5 Å². The van der Waals surface area contributed by atoms with Crippen LogP contribution in [0.5, 0.6) is 5.75 Å². The highest BCUT2D eigenvalue weighted by molar-refractivity contribution is 7.09. The molecule has 0 aliphatic heterocycles. The van der Waals surface area contributed by atoms with E-state index < -0.39 is 0 Å². The van der Waals surface area contributed by atoms with Crippen molar-refractivity contribution in [2.45, 2.75) is 19.5 Å². The van der Waals surface area contributed by atoms with Crippen LogP contribution in [0.2, 0.25) is 0 Å². The van der Waals surface area contributed by atoms with E-state index in [1.807, 2.05) is 13.0 Å². The summed E-state index contributed by atoms with van der Waals surface area (Å²) in [6.07, 6.45) is 0. The number of hydrogen-bond acceptors (Lipinski definition) is 5. The zero-order valence-electron chi connectivity index (χ0n) is 11.4. The summed E-state index contributed by atoms with van der Waals surface area (Å²) in [6, 6.07) is 6.75. The molecule has 3 N–H and O–H groups in total. The summed E-state index contributed by atoms with van der Waals surface area (Å²) in [5, 5.41) is 12.3. The molecule has 0 saturated heterocycles. The number of nitrogens with zero attached hydrogens (tertiary/aromatic N) is 2. The molecule has 0 bridgehead atoms. The average molecular weight is 291 g/mol. The number of thiazole rings is 1. The highest BCUT2D eigenvalue weighted by Crippen LogP contribution is 2.28. The van der Waals surface area contributed by atoms with E-state index in [1.54, 1.807) is 35.5 Å². The quantitative estimate of drug-likeness (QED) is 0.904. The Balaban J connectivity index is 2.20. The van der Waals surface area contributed by atoms with Gasteiger partial charge in [0.2, 0.25) is 0 Å². The number of aromatic hydroxyl groups is 1. The summed E-state index contributed by atoms with van der Waals surface area (Å²) < 4.78 is 0. The van der Waals surface area contributed by atoms with Crippen molar-refractivity contribution in [3.05, 3.63) is 45.9 Å². The van der Waals surface area contributed by atoms with Gasteiger partial charge in [-0.1, -0.05) is 18.2 Å². The fourth-order valence-corrected chi connectivity index (χ4v) is 2.56. The fraction of sp³-hybridized carbons (Fsp3) is 0.286. The van der Waals surface area contributed by atoms with Gasteiger partial charge in [-0.05, 0) is 13.0 Å². The standard InChI is InChI=1S/C14H17N3O2S/c1-9(10-5-3-4-6-12(10)18)17(2)14(19)11-8-20-13(7-15)16-11/h3-6,8-9,18H,7,15H2,1-2H3. The summed E-state index contributed by atoms with van der Waals surface area (Å²) in [7, 11) is 1.70. The van der Waals surface area contributed by atoms with Gasteiger partial charge >= 0.3 is 0 Å². The zero-order chi connectivity index (χ0) is 14.7. The van der Waals surface area contributed by atoms with Crippen LogP contribution in [0.1, 0.15) is 34.0 Å². The maximum Gasteiger partial charge on any atom is 0.273 e. The van der Waals surface area contributed by atoms with Gasteiger partial charge in [-0.2, -0.15) is 0 Å². The summed E-state index contributed by atoms with van der Waals surface area (Å²) in [5.74, 6) is -0.00252. The van der Waals surface area contributed by atoms with Crippen molar-refractivity contribution in [3.63, 3.8) is 0 Å². The maximum atomic E-state index is 12.3. The minimum Gasteiger partial charge on any atom is -0.508 e. The number of carbonyl (C=O) groups is 1. The van der Waals surface area contributed by atoms with Crippen LogP contribution < -0.4 is 5.73 Å². The molecule has 1 heterocycles. The molecule has 1 amide bonds. The third-order valence-electron chi connectivity index (χ3n) is 3.23. The molecule has 5 nitrogen and oxygen atoms in total. The number of carbonyl (C=O) groups excluding carboxylic acids is 1. The van der Waals surface area contributed by atoms with E-state index in [1.165, 1.54) is 11.3 Å². The Kier molecular flexibility index (Phi) is 4.36. The van der Waals surface area contributed by atoms with Crippen molar-refractivity contribution in [2.75, 3.05) is 7.05 Å². The third kappa shape index (κ3) is 2.81. The lowest BCUT2D eigenvalue weighted by Gasteiger charge is -2.25. The number of phenolic OH excluding ortho intramolecular Hbond substituents is 1. The molecule has 2 aromatic rings. The molecule has 1 aromatic carbocycles. The Morgan fingerprint density at radius 1 is 1.50 bits per heavy atom. The molecule has 6 heteroatoms. The molecule has 1 aromatic heterocycles. The second-order valence-electron chi connectivity index (χ2n) is 4.48. The second kappa shape index (κ2) is 6.02. The maximum absolute atomic E-state index is 12.3. The molecule has 1 unspecified atom stereocenters. The van der Waals surface area contributed by atoms with Crippen LogP contribution in [0.3, 0.4) is 0 Å². The summed E-state index contributed by atoms with van der Waals surface area (Å²) >= 11 is 1.37. The lowest BCUT2D eigenvalue weighted by molar-refractivity contribution is 0.0736. The van der Waals surface area contributed by atoms with Crippen molar-refractivity contribution >= 4 is 17.2 Å². The van der Waals surface area contributed by atoms with E-state index >= 15 is 0 Å². The Morgan fingerprint density at radius 2 is 2.20 bits per heavy atom. The lowest BCUT2D eigenvalue weighted by Crippen LogP contribution is -2.30. The topological polar surface area (TPSA) is 79.5 Å². The number of benzene rings is 1. The number of nitrogens with two attached hydrogens (primary N) is 1. The second-order valence-corrected chi connectivity index (χ2v) is 5.42. The van der Waals surface area contributed by atoms with Crippen LogP contribution in [0.25, 0.3) is 0 Å². The monoisotopic (exact) mass is 291 g/mol. The SMILES string of the molecule is CC(c1ccccc1O)N(C)C(=O)c1csc(CN)n1. The molecule has 0 aliphatic carbocycles. The van der Waals surface area contributed by atoms with Gasteiger partial charge in [0.15, 0.2) is 0 Å². The smallest absolute Gasteiger partial charge is 0.273 e. The Hall–Kier alpha value is -1.92. The van der Waals surface area contributed by atoms with Crippen LogP contribution in [0, 0.1) is 0 Å². The van der Waals surface area contributed by atoms with E-state index in [2.05, 4.69) is 4.98 Å². The Morgan fingerprint density at radius 3 is 2.80 bits per heavy atom. The minimum atomic E-state index is -0.244. The first-order chi connectivity index (χ1) is 9.54. The number of para-hydroxylation sites is 1. The first-order valence-electron chi connectivity index (χ1n) is 6.24. The normalized spacial score (nSPS) is 12.2. The van der Waals surface area contributed by atoms with Crippen LogP contribution in [-0.2, 0) is 6.54 Å². The van der Waals surface area contributed by atoms with Gasteiger partial charge < -0.3 is 15.7 Å². The van der Waals surface area contributed by atoms with Gasteiger partial charge in [-0.15, -0.1) is 11.3 Å². The van der Waals surface area contributed by atoms with Crippen molar-refractivity contribution in [3.8, 4) is 5.75 Å². The number of phenols is 1. The minimum absolute atomic E-state index is 0.181. The predicted molar refractivity (Wildman–Crippen MR) is 78.6 cm³/mol. The van der Waals surface area contributed by atoms with Crippen molar-refractivity contribution in [2.24, 2.45) is 5.73 Å². The van der Waals surface area contributed by atoms with Crippen LogP contribution in [0.4, 0.5) is 0 Å². The van der Waals surface area contributed by atoms with E-state index in [4.69, 9.17) is 5.73 Å². The number of hydrogen-bond donors (Lipinski definition) is 2. The van der Waals surface area contributed by atoms with Gasteiger partial charge in [0.25, 0.3) is 5.91 Å². The summed E-state index contributed by atoms with van der Waals surface area (Å²) in [4.78, 5) is 18.1. The van der Waals surface area contributed by atoms with Crippen LogP contribution >= 0.6 is 11.3 Å². The first-order valence-corrected chi connectivity index (χ1v) is 7.12. The van der Waals surface area contributed by atoms with Gasteiger partial charge in [-0.3, -0.25) is 4.79 Å². The lowest BCUT2D eigenvalue weighted by atomic mass is 10.1. The third-order valence-corrected chi connectivity index (χ3v) is 4.10. The van der Waals surface area contributed by atoms with E-state index in [9.17, 15) is 9.90 Å². The molecule has 106 valence electrons. The fourth-order valence-electron chi connectivity index (χ4n) is 1.91. The number of rotatable bonds is 4. The van der Waals surface area contributed by atoms with E-state index in [-0.39, 0.29) is 17.7 Å². The summed E-state index contributed by atoms with van der Waals surface area (Å²) in [6.45, 7) is 2.19. The number of amides is 1. The van der Waals surface area contributed by atoms with Crippen LogP contribution in [-0.4, -0.2) is 27.9 Å². The first kappa shape index (κ1) is 14.5. The molecular formula is C14H17N3O2S. The average Bonchev–Trinajstić information content (AvgIpc) is 2.94. The summed E-state index contributed by atoms with van der Waals surface area (Å²) in [5.41, 5.74) is 6.60. The molecule has 2 rings (SSSR count). The Labute approximate surface area is 121 Å². The van der Waals surface area contributed by atoms with E-state index in [0.29, 0.717) is 17.8 Å². The molecule has 20 heavy (non-hydrogen) atoms. The molecule has 0 aliphatic rings. The predicted octanol–water partition coefficient (Wildman–Crippen LogP) is 2.14. The molecule has 1 atom stereocenters. The molecule has 0 fully saturated rings. The van der Waals surface area contributed by atoms with Gasteiger partial charge in [0.1, 0.15) is 16.5 Å². The van der Waals surface area contributed by atoms with Crippen molar-refractivity contribution < 1.29 is 9.90 Å². The largest absolute Gasteiger partial charge is 0.508 e. The van der Waals surface area contributed by atoms with E-state index in [0.717, 1.165) is 5.01 Å². The van der Waals surface area contributed by atoms with Crippen molar-refractivity contribution in [1.82, 2.24) is 9.88 Å². The highest BCUT2D eigenvalue weighted by atomic mass is 32.1. The number of aromatic nitrogens is 1. The molecular weight excluding hydrogens is 274 g/mol. The zero-order valence-corrected chi connectivity index (χ0v) is 12.2. The molecule has 0 radical (unpaired) electrons. The van der Waals surface area contributed by atoms with Gasteiger partial charge in [-0.25, -0.2) is 4.98 Å². The van der Waals surface area contributed by atoms with Crippen LogP contribution in [0.15, 0.2) is 29.6 Å². The highest BCUT2D eigenvalue weighted by Gasteiger charge is 2.22. The van der Waals surface area contributed by atoms with Crippen molar-refractivity contribution in [1.29, 1.82) is 0 Å². The molecule has 0 saturated carbocycles. The Bertz CT molecular complexity index is 612.